The molecule has 36 heavy (non-hydrogen) atoms. The molecule has 2 N–H and O–H groups in total. The van der Waals surface area contributed by atoms with E-state index >= 15 is 0 Å². The number of pyridine rings is 1. The van der Waals surface area contributed by atoms with Crippen molar-refractivity contribution in [1.82, 2.24) is 29.6 Å². The van der Waals surface area contributed by atoms with Gasteiger partial charge in [0, 0.05) is 37.0 Å². The molecule has 1 saturated heterocycles. The maximum absolute atomic E-state index is 13.3. The summed E-state index contributed by atoms with van der Waals surface area (Å²) < 4.78 is 14.8. The standard InChI is InChI=1S/C26H29N7O3/c1-16(2)32-25(34)21-14-28-26(29-19-7-6-18-13-27-10-8-17(18)12-19)31-24(21)33(32)22-4-3-5-23(30-22)36-20-9-11-35-15-20/h3-7,12,14,16,20,27H,8-11,13,15H2,1-2H3,(H,28,29,31). The van der Waals surface area contributed by atoms with Crippen molar-refractivity contribution in [2.45, 2.75) is 45.4 Å². The Morgan fingerprint density at radius 1 is 1.19 bits per heavy atom. The largest absolute Gasteiger partial charge is 0.472 e. The Hall–Kier alpha value is -3.76. The maximum atomic E-state index is 13.3. The van der Waals surface area contributed by atoms with Crippen LogP contribution in [0.3, 0.4) is 0 Å². The van der Waals surface area contributed by atoms with Gasteiger partial charge in [0.1, 0.15) is 11.5 Å². The molecule has 6 rings (SSSR count). The third-order valence-electron chi connectivity index (χ3n) is 6.56. The molecule has 186 valence electrons. The van der Waals surface area contributed by atoms with Gasteiger partial charge in [-0.2, -0.15) is 9.97 Å². The predicted octanol–water partition coefficient (Wildman–Crippen LogP) is 3.12. The van der Waals surface area contributed by atoms with E-state index in [4.69, 9.17) is 19.4 Å². The number of benzene rings is 1. The molecular formula is C26H29N7O3. The van der Waals surface area contributed by atoms with Crippen LogP contribution in [0.1, 0.15) is 37.4 Å². The Bertz CT molecular complexity index is 1470. The van der Waals surface area contributed by atoms with Gasteiger partial charge >= 0.3 is 0 Å². The van der Waals surface area contributed by atoms with Crippen molar-refractivity contribution in [2.24, 2.45) is 0 Å². The fourth-order valence-corrected chi connectivity index (χ4v) is 4.79. The minimum absolute atomic E-state index is 0.0213. The first-order chi connectivity index (χ1) is 17.6. The molecule has 0 radical (unpaired) electrons. The summed E-state index contributed by atoms with van der Waals surface area (Å²) in [6, 6.07) is 11.7. The monoisotopic (exact) mass is 487 g/mol. The average molecular weight is 488 g/mol. The summed E-state index contributed by atoms with van der Waals surface area (Å²) >= 11 is 0. The molecule has 0 saturated carbocycles. The summed E-state index contributed by atoms with van der Waals surface area (Å²) in [6.07, 6.45) is 3.38. The molecule has 0 spiro atoms. The fraction of sp³-hybridized carbons (Fsp3) is 0.385. The summed E-state index contributed by atoms with van der Waals surface area (Å²) in [5.41, 5.74) is 3.87. The van der Waals surface area contributed by atoms with Crippen LogP contribution in [0.15, 0.2) is 47.4 Å². The Morgan fingerprint density at radius 2 is 2.11 bits per heavy atom. The van der Waals surface area contributed by atoms with Gasteiger partial charge in [-0.15, -0.1) is 0 Å². The van der Waals surface area contributed by atoms with E-state index in [0.29, 0.717) is 41.9 Å². The van der Waals surface area contributed by atoms with E-state index in [1.54, 1.807) is 15.6 Å². The second-order valence-corrected chi connectivity index (χ2v) is 9.46. The van der Waals surface area contributed by atoms with E-state index in [-0.39, 0.29) is 17.7 Å². The van der Waals surface area contributed by atoms with Gasteiger partial charge in [0.2, 0.25) is 11.8 Å². The maximum Gasteiger partial charge on any atom is 0.278 e. The summed E-state index contributed by atoms with van der Waals surface area (Å²) in [4.78, 5) is 27.2. The minimum atomic E-state index is -0.162. The zero-order chi connectivity index (χ0) is 24.6. The van der Waals surface area contributed by atoms with Gasteiger partial charge in [0.25, 0.3) is 5.56 Å². The molecule has 5 heterocycles. The molecular weight excluding hydrogens is 458 g/mol. The first-order valence-corrected chi connectivity index (χ1v) is 12.4. The van der Waals surface area contributed by atoms with Crippen molar-refractivity contribution in [3.63, 3.8) is 0 Å². The summed E-state index contributed by atoms with van der Waals surface area (Å²) in [7, 11) is 0. The highest BCUT2D eigenvalue weighted by Gasteiger charge is 2.22. The molecule has 3 aromatic heterocycles. The number of ether oxygens (including phenoxy) is 2. The van der Waals surface area contributed by atoms with Gasteiger partial charge in [-0.05, 0) is 56.1 Å². The number of nitrogens with one attached hydrogen (secondary N) is 2. The molecule has 1 unspecified atom stereocenters. The van der Waals surface area contributed by atoms with E-state index in [9.17, 15) is 4.79 Å². The molecule has 10 heteroatoms. The first kappa shape index (κ1) is 22.7. The summed E-state index contributed by atoms with van der Waals surface area (Å²) in [5, 5.41) is 7.14. The summed E-state index contributed by atoms with van der Waals surface area (Å²) in [6.45, 7) is 7.01. The molecule has 1 atom stereocenters. The highest BCUT2D eigenvalue weighted by Crippen LogP contribution is 2.24. The molecule has 1 aromatic carbocycles. The number of hydrogen-bond donors (Lipinski definition) is 2. The van der Waals surface area contributed by atoms with Crippen molar-refractivity contribution >= 4 is 22.7 Å². The first-order valence-electron chi connectivity index (χ1n) is 12.4. The lowest BCUT2D eigenvalue weighted by Crippen LogP contribution is -2.25. The van der Waals surface area contributed by atoms with Crippen LogP contribution < -0.4 is 20.9 Å². The Kier molecular flexibility index (Phi) is 5.90. The van der Waals surface area contributed by atoms with Crippen LogP contribution in [0.25, 0.3) is 16.9 Å². The van der Waals surface area contributed by atoms with Crippen LogP contribution in [0, 0.1) is 0 Å². The third kappa shape index (κ3) is 4.22. The normalized spacial score (nSPS) is 17.5. The van der Waals surface area contributed by atoms with Crippen molar-refractivity contribution < 1.29 is 9.47 Å². The lowest BCUT2D eigenvalue weighted by Gasteiger charge is -2.18. The molecule has 1 fully saturated rings. The lowest BCUT2D eigenvalue weighted by molar-refractivity contribution is 0.138. The SMILES string of the molecule is CC(C)n1c(=O)c2cnc(Nc3ccc4c(c3)CCNC4)nc2n1-c1cccc(OC2CCOC2)n1. The highest BCUT2D eigenvalue weighted by molar-refractivity contribution is 5.77. The van der Waals surface area contributed by atoms with Crippen LogP contribution in [-0.4, -0.2) is 50.2 Å². The Labute approximate surface area is 208 Å². The Balaban J connectivity index is 1.40. The molecule has 2 aliphatic rings. The average Bonchev–Trinajstić information content (AvgIpc) is 3.50. The smallest absolute Gasteiger partial charge is 0.278 e. The zero-order valence-electron chi connectivity index (χ0n) is 20.4. The number of fused-ring (bicyclic) bond motifs is 2. The van der Waals surface area contributed by atoms with Crippen LogP contribution in [0.5, 0.6) is 5.88 Å². The highest BCUT2D eigenvalue weighted by atomic mass is 16.5. The number of nitrogens with zero attached hydrogens (tertiary/aromatic N) is 5. The van der Waals surface area contributed by atoms with Gasteiger partial charge in [0.05, 0.1) is 13.2 Å². The van der Waals surface area contributed by atoms with Crippen molar-refractivity contribution in [2.75, 3.05) is 25.1 Å². The number of rotatable bonds is 6. The van der Waals surface area contributed by atoms with Crippen molar-refractivity contribution in [3.8, 4) is 11.7 Å². The van der Waals surface area contributed by atoms with E-state index in [1.807, 2.05) is 38.1 Å². The van der Waals surface area contributed by atoms with E-state index in [0.717, 1.165) is 31.6 Å². The predicted molar refractivity (Wildman–Crippen MR) is 136 cm³/mol. The number of aromatic nitrogens is 5. The third-order valence-corrected chi connectivity index (χ3v) is 6.56. The van der Waals surface area contributed by atoms with Gasteiger partial charge in [-0.1, -0.05) is 12.1 Å². The second-order valence-electron chi connectivity index (χ2n) is 9.46. The van der Waals surface area contributed by atoms with E-state index in [1.165, 1.54) is 11.1 Å². The molecule has 2 aliphatic heterocycles. The topological polar surface area (TPSA) is 108 Å². The van der Waals surface area contributed by atoms with Gasteiger partial charge in [0.15, 0.2) is 11.5 Å². The quantitative estimate of drug-likeness (QED) is 0.427. The fourth-order valence-electron chi connectivity index (χ4n) is 4.79. The van der Waals surface area contributed by atoms with E-state index < -0.39 is 0 Å². The minimum Gasteiger partial charge on any atom is -0.472 e. The summed E-state index contributed by atoms with van der Waals surface area (Å²) in [5.74, 6) is 1.46. The van der Waals surface area contributed by atoms with Crippen LogP contribution in [-0.2, 0) is 17.7 Å². The van der Waals surface area contributed by atoms with Crippen molar-refractivity contribution in [1.29, 1.82) is 0 Å². The molecule has 10 nitrogen and oxygen atoms in total. The number of hydrogen-bond acceptors (Lipinski definition) is 8. The van der Waals surface area contributed by atoms with Crippen LogP contribution in [0.4, 0.5) is 11.6 Å². The molecule has 4 aromatic rings. The lowest BCUT2D eigenvalue weighted by atomic mass is 10.0. The second kappa shape index (κ2) is 9.36. The van der Waals surface area contributed by atoms with Gasteiger partial charge < -0.3 is 20.1 Å². The molecule has 0 aliphatic carbocycles. The van der Waals surface area contributed by atoms with Gasteiger partial charge in [-0.3, -0.25) is 4.79 Å². The Morgan fingerprint density at radius 3 is 2.94 bits per heavy atom. The van der Waals surface area contributed by atoms with Crippen molar-refractivity contribution in [3.05, 3.63) is 64.1 Å². The van der Waals surface area contributed by atoms with E-state index in [2.05, 4.69) is 27.8 Å². The molecule has 0 bridgehead atoms. The van der Waals surface area contributed by atoms with Gasteiger partial charge in [-0.25, -0.2) is 14.3 Å². The van der Waals surface area contributed by atoms with Crippen LogP contribution in [0.2, 0.25) is 0 Å². The number of anilines is 2. The zero-order valence-corrected chi connectivity index (χ0v) is 20.4. The molecule has 0 amide bonds. The van der Waals surface area contributed by atoms with Crippen LogP contribution >= 0.6 is 0 Å².